The maximum absolute atomic E-state index is 12.3. The van der Waals surface area contributed by atoms with Crippen LogP contribution >= 0.6 is 0 Å². The molecule has 0 spiro atoms. The van der Waals surface area contributed by atoms with Crippen molar-refractivity contribution in [2.75, 3.05) is 21.0 Å². The van der Waals surface area contributed by atoms with E-state index < -0.39 is 0 Å². The van der Waals surface area contributed by atoms with Gasteiger partial charge < -0.3 is 24.3 Å². The quantitative estimate of drug-likeness (QED) is 0.917. The molecule has 3 rings (SSSR count). The standard InChI is InChI=1S/C17H17NO5/c1-20-13-5-11(6-14(8-13)21-2)9-18-17(19)12-3-4-15-16(7-12)23-10-22-15/h3-8H,9-10H2,1-2H3,(H,18,19). The molecule has 2 aromatic carbocycles. The number of carbonyl (C=O) groups excluding carboxylic acids is 1. The van der Waals surface area contributed by atoms with Gasteiger partial charge in [0.2, 0.25) is 6.79 Å². The zero-order valence-corrected chi connectivity index (χ0v) is 12.9. The predicted octanol–water partition coefficient (Wildman–Crippen LogP) is 2.36. The van der Waals surface area contributed by atoms with Crippen LogP contribution in [0, 0.1) is 0 Å². The lowest BCUT2D eigenvalue weighted by Crippen LogP contribution is -2.22. The molecule has 6 heteroatoms. The molecule has 0 fully saturated rings. The Balaban J connectivity index is 1.69. The number of fused-ring (bicyclic) bond motifs is 1. The Kier molecular flexibility index (Phi) is 4.23. The van der Waals surface area contributed by atoms with Crippen LogP contribution in [0.15, 0.2) is 36.4 Å². The van der Waals surface area contributed by atoms with Crippen molar-refractivity contribution in [3.05, 3.63) is 47.5 Å². The summed E-state index contributed by atoms with van der Waals surface area (Å²) >= 11 is 0. The minimum Gasteiger partial charge on any atom is -0.497 e. The number of nitrogens with one attached hydrogen (secondary N) is 1. The van der Waals surface area contributed by atoms with Gasteiger partial charge in [-0.3, -0.25) is 4.79 Å². The largest absolute Gasteiger partial charge is 0.497 e. The number of hydrogen-bond acceptors (Lipinski definition) is 5. The lowest BCUT2D eigenvalue weighted by molar-refractivity contribution is 0.0950. The number of benzene rings is 2. The van der Waals surface area contributed by atoms with E-state index in [9.17, 15) is 4.79 Å². The summed E-state index contributed by atoms with van der Waals surface area (Å²) in [6.07, 6.45) is 0. The second-order valence-electron chi connectivity index (χ2n) is 4.97. The van der Waals surface area contributed by atoms with Gasteiger partial charge in [0.25, 0.3) is 5.91 Å². The fraction of sp³-hybridized carbons (Fsp3) is 0.235. The zero-order valence-electron chi connectivity index (χ0n) is 12.9. The fourth-order valence-electron chi connectivity index (χ4n) is 2.29. The van der Waals surface area contributed by atoms with Gasteiger partial charge in [0.1, 0.15) is 11.5 Å². The van der Waals surface area contributed by atoms with Crippen LogP contribution in [0.25, 0.3) is 0 Å². The van der Waals surface area contributed by atoms with Gasteiger partial charge in [-0.2, -0.15) is 0 Å². The van der Waals surface area contributed by atoms with Crippen LogP contribution in [0.1, 0.15) is 15.9 Å². The van der Waals surface area contributed by atoms with Crippen LogP contribution in [0.2, 0.25) is 0 Å². The second-order valence-corrected chi connectivity index (χ2v) is 4.97. The van der Waals surface area contributed by atoms with E-state index in [2.05, 4.69) is 5.32 Å². The maximum Gasteiger partial charge on any atom is 0.251 e. The Bertz CT molecular complexity index is 707. The third kappa shape index (κ3) is 3.31. The molecule has 23 heavy (non-hydrogen) atoms. The highest BCUT2D eigenvalue weighted by atomic mass is 16.7. The van der Waals surface area contributed by atoms with Gasteiger partial charge in [-0.15, -0.1) is 0 Å². The van der Waals surface area contributed by atoms with Crippen LogP contribution in [0.5, 0.6) is 23.0 Å². The molecule has 1 heterocycles. The average Bonchev–Trinajstić information content (AvgIpc) is 3.06. The summed E-state index contributed by atoms with van der Waals surface area (Å²) in [5, 5.41) is 2.86. The van der Waals surface area contributed by atoms with Crippen LogP contribution in [0.3, 0.4) is 0 Å². The number of rotatable bonds is 5. The van der Waals surface area contributed by atoms with E-state index in [0.29, 0.717) is 35.1 Å². The van der Waals surface area contributed by atoms with E-state index in [1.807, 2.05) is 12.1 Å². The molecule has 6 nitrogen and oxygen atoms in total. The zero-order chi connectivity index (χ0) is 16.2. The first-order valence-corrected chi connectivity index (χ1v) is 7.09. The Morgan fingerprint density at radius 2 is 1.74 bits per heavy atom. The van der Waals surface area contributed by atoms with Crippen molar-refractivity contribution >= 4 is 5.91 Å². The van der Waals surface area contributed by atoms with Crippen LogP contribution in [0.4, 0.5) is 0 Å². The Labute approximate surface area is 133 Å². The molecule has 0 unspecified atom stereocenters. The molecule has 0 radical (unpaired) electrons. The highest BCUT2D eigenvalue weighted by Gasteiger charge is 2.16. The molecule has 0 saturated carbocycles. The van der Waals surface area contributed by atoms with Crippen molar-refractivity contribution in [1.29, 1.82) is 0 Å². The topological polar surface area (TPSA) is 66.0 Å². The SMILES string of the molecule is COc1cc(CNC(=O)c2ccc3c(c2)OCO3)cc(OC)c1. The molecule has 2 aromatic rings. The summed E-state index contributed by atoms with van der Waals surface area (Å²) in [6, 6.07) is 10.6. The molecule has 1 amide bonds. The summed E-state index contributed by atoms with van der Waals surface area (Å²) in [7, 11) is 3.17. The lowest BCUT2D eigenvalue weighted by atomic mass is 10.1. The lowest BCUT2D eigenvalue weighted by Gasteiger charge is -2.10. The third-order valence-electron chi connectivity index (χ3n) is 3.50. The van der Waals surface area contributed by atoms with Crippen molar-refractivity contribution in [3.8, 4) is 23.0 Å². The molecule has 0 aromatic heterocycles. The maximum atomic E-state index is 12.3. The van der Waals surface area contributed by atoms with Crippen molar-refractivity contribution in [2.24, 2.45) is 0 Å². The number of hydrogen-bond donors (Lipinski definition) is 1. The van der Waals surface area contributed by atoms with Gasteiger partial charge in [0, 0.05) is 18.2 Å². The monoisotopic (exact) mass is 315 g/mol. The van der Waals surface area contributed by atoms with Gasteiger partial charge in [0.15, 0.2) is 11.5 Å². The molecule has 1 aliphatic rings. The van der Waals surface area contributed by atoms with E-state index in [4.69, 9.17) is 18.9 Å². The first-order valence-electron chi connectivity index (χ1n) is 7.09. The highest BCUT2D eigenvalue weighted by molar-refractivity contribution is 5.94. The van der Waals surface area contributed by atoms with Crippen molar-refractivity contribution in [2.45, 2.75) is 6.54 Å². The molecule has 1 aliphatic heterocycles. The van der Waals surface area contributed by atoms with Crippen molar-refractivity contribution in [3.63, 3.8) is 0 Å². The first-order chi connectivity index (χ1) is 11.2. The molecule has 120 valence electrons. The number of carbonyl (C=O) groups is 1. The van der Waals surface area contributed by atoms with Crippen LogP contribution in [-0.2, 0) is 6.54 Å². The number of amides is 1. The summed E-state index contributed by atoms with van der Waals surface area (Å²) < 4.78 is 20.9. The molecule has 0 aliphatic carbocycles. The molecule has 0 bridgehead atoms. The smallest absolute Gasteiger partial charge is 0.251 e. The predicted molar refractivity (Wildman–Crippen MR) is 83.3 cm³/mol. The van der Waals surface area contributed by atoms with E-state index in [-0.39, 0.29) is 12.7 Å². The highest BCUT2D eigenvalue weighted by Crippen LogP contribution is 2.32. The van der Waals surface area contributed by atoms with Crippen molar-refractivity contribution in [1.82, 2.24) is 5.32 Å². The Morgan fingerprint density at radius 1 is 1.04 bits per heavy atom. The molecular formula is C17H17NO5. The number of methoxy groups -OCH3 is 2. The van der Waals surface area contributed by atoms with E-state index in [1.165, 1.54) is 0 Å². The van der Waals surface area contributed by atoms with Crippen molar-refractivity contribution < 1.29 is 23.7 Å². The Hall–Kier alpha value is -2.89. The number of ether oxygens (including phenoxy) is 4. The first kappa shape index (κ1) is 15.0. The summed E-state index contributed by atoms with van der Waals surface area (Å²) in [5.41, 5.74) is 1.40. The second kappa shape index (κ2) is 6.48. The molecular weight excluding hydrogens is 298 g/mol. The van der Waals surface area contributed by atoms with Crippen LogP contribution in [-0.4, -0.2) is 26.9 Å². The van der Waals surface area contributed by atoms with Gasteiger partial charge in [0.05, 0.1) is 14.2 Å². The van der Waals surface area contributed by atoms with E-state index >= 15 is 0 Å². The molecule has 0 saturated heterocycles. The summed E-state index contributed by atoms with van der Waals surface area (Å²) in [4.78, 5) is 12.3. The van der Waals surface area contributed by atoms with E-state index in [1.54, 1.807) is 38.5 Å². The minimum atomic E-state index is -0.190. The normalized spacial score (nSPS) is 11.9. The van der Waals surface area contributed by atoms with Gasteiger partial charge in [-0.1, -0.05) is 0 Å². The van der Waals surface area contributed by atoms with E-state index in [0.717, 1.165) is 5.56 Å². The fourth-order valence-corrected chi connectivity index (χ4v) is 2.29. The average molecular weight is 315 g/mol. The van der Waals surface area contributed by atoms with Gasteiger partial charge >= 0.3 is 0 Å². The summed E-state index contributed by atoms with van der Waals surface area (Å²) in [5.74, 6) is 2.40. The van der Waals surface area contributed by atoms with Gasteiger partial charge in [-0.05, 0) is 35.9 Å². The minimum absolute atomic E-state index is 0.185. The van der Waals surface area contributed by atoms with Gasteiger partial charge in [-0.25, -0.2) is 0 Å². The molecule has 1 N–H and O–H groups in total. The molecule has 0 atom stereocenters. The third-order valence-corrected chi connectivity index (χ3v) is 3.50. The Morgan fingerprint density at radius 3 is 2.43 bits per heavy atom. The summed E-state index contributed by atoms with van der Waals surface area (Å²) in [6.45, 7) is 0.546. The van der Waals surface area contributed by atoms with Crippen LogP contribution < -0.4 is 24.3 Å².